The second kappa shape index (κ2) is 4.50. The summed E-state index contributed by atoms with van der Waals surface area (Å²) in [5, 5.41) is 9.26. The maximum Gasteiger partial charge on any atom is 0.469 e. The summed E-state index contributed by atoms with van der Waals surface area (Å²) < 4.78 is 14.9. The van der Waals surface area contributed by atoms with Gasteiger partial charge in [0.1, 0.15) is 12.6 Å². The molecule has 0 saturated carbocycles. The number of phosphoric acid groups is 1. The summed E-state index contributed by atoms with van der Waals surface area (Å²) >= 11 is 0. The summed E-state index contributed by atoms with van der Waals surface area (Å²) in [6.45, 7) is 0.0276. The van der Waals surface area contributed by atoms with Crippen molar-refractivity contribution in [1.29, 1.82) is 0 Å². The normalized spacial score (nSPS) is 15.8. The molecule has 3 N–H and O–H groups in total. The van der Waals surface area contributed by atoms with Gasteiger partial charge in [-0.3, -0.25) is 4.52 Å². The van der Waals surface area contributed by atoms with Crippen molar-refractivity contribution in [3.63, 3.8) is 0 Å². The number of likely N-dealkylation sites (N-methyl/N-ethyl adjacent to an activating group) is 1. The minimum Gasteiger partial charge on any atom is -0.385 e. The summed E-state index contributed by atoms with van der Waals surface area (Å²) in [7, 11) is 1.13. The van der Waals surface area contributed by atoms with E-state index in [0.29, 0.717) is 11.0 Å². The Morgan fingerprint density at radius 1 is 1.38 bits per heavy atom. The molecule has 7 heteroatoms. The highest BCUT2D eigenvalue weighted by Gasteiger charge is 2.20. The minimum absolute atomic E-state index is 0.347. The molecule has 0 fully saturated rings. The number of aliphatic hydroxyl groups excluding tert-OH is 1. The Balaban J connectivity index is 3.77. The van der Waals surface area contributed by atoms with Gasteiger partial charge in [-0.05, 0) is 0 Å². The highest BCUT2D eigenvalue weighted by Crippen LogP contribution is 2.35. The molecule has 0 amide bonds. The fourth-order valence-corrected chi connectivity index (χ4v) is 1.23. The molecular formula is C6H17NO5P+. The quantitative estimate of drug-likeness (QED) is 0.410. The van der Waals surface area contributed by atoms with Gasteiger partial charge in [0.15, 0.2) is 0 Å². The molecule has 1 unspecified atom stereocenters. The summed E-state index contributed by atoms with van der Waals surface area (Å²) in [5.74, 6) is 0. The van der Waals surface area contributed by atoms with Gasteiger partial charge in [0, 0.05) is 0 Å². The second-order valence-corrected chi connectivity index (χ2v) is 5.15. The highest BCUT2D eigenvalue weighted by molar-refractivity contribution is 7.46. The number of hydrogen-bond donors (Lipinski definition) is 3. The monoisotopic (exact) mass is 214 g/mol. The molecule has 0 bridgehead atoms. The topological polar surface area (TPSA) is 87.0 Å². The van der Waals surface area contributed by atoms with Crippen LogP contribution in [0.4, 0.5) is 0 Å². The van der Waals surface area contributed by atoms with Gasteiger partial charge in [-0.15, -0.1) is 0 Å². The van der Waals surface area contributed by atoms with E-state index in [0.717, 1.165) is 0 Å². The SMILES string of the molecule is C[N+](C)(C)CC(O)COP(=O)(O)O. The molecule has 0 aliphatic heterocycles. The van der Waals surface area contributed by atoms with E-state index in [1.165, 1.54) is 0 Å². The van der Waals surface area contributed by atoms with Crippen molar-refractivity contribution in [3.05, 3.63) is 0 Å². The molecule has 0 aliphatic carbocycles. The predicted octanol–water partition coefficient (Wildman–Crippen LogP) is -0.837. The van der Waals surface area contributed by atoms with Crippen molar-refractivity contribution in [3.8, 4) is 0 Å². The Kier molecular flexibility index (Phi) is 4.51. The lowest BCUT2D eigenvalue weighted by Crippen LogP contribution is -2.42. The van der Waals surface area contributed by atoms with Crippen molar-refractivity contribution in [2.75, 3.05) is 34.3 Å². The molecule has 0 radical (unpaired) electrons. The van der Waals surface area contributed by atoms with Crippen LogP contribution in [0, 0.1) is 0 Å². The third-order valence-corrected chi connectivity index (χ3v) is 1.68. The fraction of sp³-hybridized carbons (Fsp3) is 1.00. The van der Waals surface area contributed by atoms with Crippen LogP contribution in [0.5, 0.6) is 0 Å². The minimum atomic E-state index is -4.45. The van der Waals surface area contributed by atoms with Crippen LogP contribution < -0.4 is 0 Å². The first kappa shape index (κ1) is 13.0. The summed E-state index contributed by atoms with van der Waals surface area (Å²) in [6, 6.07) is 0. The van der Waals surface area contributed by atoms with Crippen LogP contribution in [0.25, 0.3) is 0 Å². The van der Waals surface area contributed by atoms with Crippen LogP contribution in [-0.4, -0.2) is 59.8 Å². The molecule has 13 heavy (non-hydrogen) atoms. The van der Waals surface area contributed by atoms with Crippen molar-refractivity contribution in [2.45, 2.75) is 6.10 Å². The molecule has 0 aliphatic rings. The smallest absolute Gasteiger partial charge is 0.385 e. The highest BCUT2D eigenvalue weighted by atomic mass is 31.2. The van der Waals surface area contributed by atoms with Crippen LogP contribution in [0.2, 0.25) is 0 Å². The van der Waals surface area contributed by atoms with Gasteiger partial charge < -0.3 is 19.4 Å². The van der Waals surface area contributed by atoms with Crippen LogP contribution in [0.1, 0.15) is 0 Å². The van der Waals surface area contributed by atoms with Crippen molar-refractivity contribution >= 4 is 7.82 Å². The molecular weight excluding hydrogens is 197 g/mol. The average molecular weight is 214 g/mol. The molecule has 80 valence electrons. The van der Waals surface area contributed by atoms with Gasteiger partial charge in [-0.25, -0.2) is 4.57 Å². The van der Waals surface area contributed by atoms with Crippen LogP contribution in [0.3, 0.4) is 0 Å². The molecule has 0 aromatic rings. The van der Waals surface area contributed by atoms with E-state index in [9.17, 15) is 9.67 Å². The van der Waals surface area contributed by atoms with Crippen LogP contribution >= 0.6 is 7.82 Å². The van der Waals surface area contributed by atoms with E-state index in [2.05, 4.69) is 4.52 Å². The van der Waals surface area contributed by atoms with E-state index in [1.807, 2.05) is 21.1 Å². The number of quaternary nitrogens is 1. The molecule has 1 atom stereocenters. The van der Waals surface area contributed by atoms with Gasteiger partial charge in [-0.2, -0.15) is 0 Å². The number of rotatable bonds is 5. The number of aliphatic hydroxyl groups is 1. The molecule has 0 saturated heterocycles. The predicted molar refractivity (Wildman–Crippen MR) is 46.9 cm³/mol. The largest absolute Gasteiger partial charge is 0.469 e. The zero-order valence-electron chi connectivity index (χ0n) is 8.04. The first-order valence-electron chi connectivity index (χ1n) is 3.79. The van der Waals surface area contributed by atoms with Crippen molar-refractivity contribution < 1.29 is 28.5 Å². The van der Waals surface area contributed by atoms with E-state index < -0.39 is 13.9 Å². The number of hydrogen-bond acceptors (Lipinski definition) is 3. The van der Waals surface area contributed by atoms with Gasteiger partial charge >= 0.3 is 7.82 Å². The van der Waals surface area contributed by atoms with Crippen LogP contribution in [-0.2, 0) is 9.09 Å². The maximum atomic E-state index is 10.3. The average Bonchev–Trinajstić information content (AvgIpc) is 1.78. The molecule has 0 spiro atoms. The third-order valence-electron chi connectivity index (χ3n) is 1.19. The zero-order chi connectivity index (χ0) is 10.7. The van der Waals surface area contributed by atoms with Crippen LogP contribution in [0.15, 0.2) is 0 Å². The van der Waals surface area contributed by atoms with Gasteiger partial charge in [0.25, 0.3) is 0 Å². The molecule has 0 aromatic carbocycles. The summed E-state index contributed by atoms with van der Waals surface area (Å²) in [5.41, 5.74) is 0. The number of phosphoric ester groups is 1. The van der Waals surface area contributed by atoms with E-state index >= 15 is 0 Å². The molecule has 0 rings (SSSR count). The molecule has 0 heterocycles. The Labute approximate surface area is 77.6 Å². The lowest BCUT2D eigenvalue weighted by Gasteiger charge is -2.26. The lowest BCUT2D eigenvalue weighted by molar-refractivity contribution is -0.873. The van der Waals surface area contributed by atoms with Crippen molar-refractivity contribution in [1.82, 2.24) is 0 Å². The lowest BCUT2D eigenvalue weighted by atomic mass is 10.3. The van der Waals surface area contributed by atoms with Crippen molar-refractivity contribution in [2.24, 2.45) is 0 Å². The van der Waals surface area contributed by atoms with E-state index in [1.54, 1.807) is 0 Å². The Bertz CT molecular complexity index is 196. The first-order chi connectivity index (χ1) is 5.60. The molecule has 6 nitrogen and oxygen atoms in total. The van der Waals surface area contributed by atoms with Gasteiger partial charge in [-0.1, -0.05) is 0 Å². The van der Waals surface area contributed by atoms with Gasteiger partial charge in [0.2, 0.25) is 0 Å². The summed E-state index contributed by atoms with van der Waals surface area (Å²) in [4.78, 5) is 16.7. The second-order valence-electron chi connectivity index (χ2n) is 3.91. The van der Waals surface area contributed by atoms with E-state index in [-0.39, 0.29) is 6.61 Å². The molecule has 0 aromatic heterocycles. The Morgan fingerprint density at radius 3 is 2.15 bits per heavy atom. The zero-order valence-corrected chi connectivity index (χ0v) is 8.94. The summed E-state index contributed by atoms with van der Waals surface area (Å²) in [6.07, 6.45) is -0.868. The fourth-order valence-electron chi connectivity index (χ4n) is 0.868. The first-order valence-corrected chi connectivity index (χ1v) is 5.32. The standard InChI is InChI=1S/C6H16NO5P/c1-7(2,3)4-6(8)5-12-13(9,10)11/h6,8H,4-5H2,1-3H3,(H-,9,10,11)/p+1. The number of nitrogens with zero attached hydrogens (tertiary/aromatic N) is 1. The maximum absolute atomic E-state index is 10.3. The third kappa shape index (κ3) is 9.95. The Hall–Kier alpha value is 0.0300. The van der Waals surface area contributed by atoms with Gasteiger partial charge in [0.05, 0.1) is 27.7 Å². The Morgan fingerprint density at radius 2 is 1.85 bits per heavy atom. The van der Waals surface area contributed by atoms with E-state index in [4.69, 9.17) is 9.79 Å².